The van der Waals surface area contributed by atoms with E-state index in [2.05, 4.69) is 26.6 Å². The van der Waals surface area contributed by atoms with Crippen molar-refractivity contribution < 1.29 is 64.7 Å². The largest absolute Gasteiger partial charge is 0.445 e. The fraction of sp³-hybridized carbons (Fsp3) is 0.475. The van der Waals surface area contributed by atoms with Crippen molar-refractivity contribution in [2.75, 3.05) is 63.9 Å². The molecule has 6 rings (SSSR count). The van der Waals surface area contributed by atoms with Crippen LogP contribution in [0.1, 0.15) is 96.1 Å². The van der Waals surface area contributed by atoms with Crippen LogP contribution in [0.2, 0.25) is 0 Å². The van der Waals surface area contributed by atoms with Gasteiger partial charge >= 0.3 is 18.2 Å². The number of aromatic nitrogens is 2. The molecule has 27 heteroatoms. The number of ether oxygens (including phenoxy) is 1. The minimum absolute atomic E-state index is 0.0177. The predicted octanol–water partition coefficient (Wildman–Crippen LogP) is 5.73. The quantitative estimate of drug-likeness (QED) is 0.0294. The lowest BCUT2D eigenvalue weighted by Gasteiger charge is -2.44. The minimum atomic E-state index is -3.59. The average Bonchev–Trinajstić information content (AvgIpc) is 1.63. The molecular formula is C59H77F3N12O11S. The Morgan fingerprint density at radius 3 is 2.13 bits per heavy atom. The summed E-state index contributed by atoms with van der Waals surface area (Å²) in [6, 6.07) is 13.7. The van der Waals surface area contributed by atoms with E-state index in [-0.39, 0.29) is 106 Å². The van der Waals surface area contributed by atoms with Gasteiger partial charge in [0.05, 0.1) is 31.1 Å². The number of hydrogen-bond donors (Lipinski definition) is 6. The van der Waals surface area contributed by atoms with E-state index in [0.717, 1.165) is 34.9 Å². The first-order valence-corrected chi connectivity index (χ1v) is 30.2. The molecule has 2 aliphatic heterocycles. The van der Waals surface area contributed by atoms with E-state index in [4.69, 9.17) is 15.5 Å². The summed E-state index contributed by atoms with van der Waals surface area (Å²) in [6.45, 7) is 7.77. The van der Waals surface area contributed by atoms with E-state index < -0.39 is 100 Å². The second-order valence-electron chi connectivity index (χ2n) is 22.6. The van der Waals surface area contributed by atoms with Gasteiger partial charge < -0.3 is 51.4 Å². The lowest BCUT2D eigenvalue weighted by Crippen LogP contribution is -2.57. The molecule has 4 aromatic rings. The van der Waals surface area contributed by atoms with E-state index in [9.17, 15) is 51.2 Å². The smallest absolute Gasteiger partial charge is 0.407 e. The number of unbranched alkanes of at least 4 members (excludes halogenated alkanes) is 2. The summed E-state index contributed by atoms with van der Waals surface area (Å²) in [6.07, 6.45) is 3.93. The summed E-state index contributed by atoms with van der Waals surface area (Å²) in [5.41, 5.74) is 5.79. The number of nitrogens with one attached hydrogen (secondary N) is 5. The number of imidazole rings is 1. The lowest BCUT2D eigenvalue weighted by atomic mass is 9.84. The molecule has 0 saturated carbocycles. The fourth-order valence-corrected chi connectivity index (χ4v) is 10.7. The van der Waals surface area contributed by atoms with Gasteiger partial charge in [-0.3, -0.25) is 28.9 Å². The molecule has 1 aromatic heterocycles. The predicted molar refractivity (Wildman–Crippen MR) is 313 cm³/mol. The van der Waals surface area contributed by atoms with Crippen molar-refractivity contribution >= 4 is 63.4 Å². The number of nitrogens with zero attached hydrogens (tertiary/aromatic N) is 6. The molecular weight excluding hydrogens is 1140 g/mol. The Morgan fingerprint density at radius 1 is 0.826 bits per heavy atom. The van der Waals surface area contributed by atoms with E-state index in [1.807, 2.05) is 51.1 Å². The molecule has 3 heterocycles. The zero-order valence-electron chi connectivity index (χ0n) is 49.2. The van der Waals surface area contributed by atoms with Gasteiger partial charge in [-0.1, -0.05) is 83.5 Å². The van der Waals surface area contributed by atoms with Crippen LogP contribution in [0.3, 0.4) is 0 Å². The third-order valence-corrected chi connectivity index (χ3v) is 15.6. The number of nitrogens with two attached hydrogens (primary N) is 1. The SMILES string of the molecule is CC(C)[C@H](NC(=O)CCCCCN1C(=O)C=CC1=O)C(=O)N[C@@H](CCCNC(N)=O)C(=O)Nc1ccc(COC(=O)NC[C@H](F)CN(C(=O)N2CCN(S(C)(=O)=O)CC2)[C@@H](c2nc(-c3cc(F)ccc3F)cn2Cc2ccccc2)C(C)(C)C)cc1. The number of imide groups is 1. The summed E-state index contributed by atoms with van der Waals surface area (Å²) >= 11 is 0. The van der Waals surface area contributed by atoms with Gasteiger partial charge in [0.25, 0.3) is 11.8 Å². The summed E-state index contributed by atoms with van der Waals surface area (Å²) in [5, 5.41) is 13.1. The van der Waals surface area contributed by atoms with Gasteiger partial charge in [-0.15, -0.1) is 0 Å². The highest BCUT2D eigenvalue weighted by atomic mass is 32.2. The zero-order valence-corrected chi connectivity index (χ0v) is 50.0. The molecule has 1 saturated heterocycles. The molecule has 2 aliphatic rings. The normalized spacial score (nSPS) is 15.2. The molecule has 1 fully saturated rings. The number of halogens is 3. The molecule has 466 valence electrons. The van der Waals surface area contributed by atoms with Crippen molar-refractivity contribution in [3.8, 4) is 11.3 Å². The highest BCUT2D eigenvalue weighted by Gasteiger charge is 2.42. The van der Waals surface area contributed by atoms with Crippen molar-refractivity contribution in [3.63, 3.8) is 0 Å². The van der Waals surface area contributed by atoms with Crippen LogP contribution >= 0.6 is 0 Å². The number of anilines is 1. The van der Waals surface area contributed by atoms with Gasteiger partial charge in [-0.2, -0.15) is 4.31 Å². The van der Waals surface area contributed by atoms with E-state index in [1.54, 1.807) is 36.7 Å². The molecule has 0 bridgehead atoms. The van der Waals surface area contributed by atoms with Crippen LogP contribution in [0.25, 0.3) is 11.3 Å². The number of hydrogen-bond acceptors (Lipinski definition) is 12. The van der Waals surface area contributed by atoms with Crippen molar-refractivity contribution in [1.82, 2.24) is 49.8 Å². The van der Waals surface area contributed by atoms with Gasteiger partial charge in [0.15, 0.2) is 0 Å². The molecule has 4 atom stereocenters. The number of primary amides is 1. The monoisotopic (exact) mass is 1220 g/mol. The third kappa shape index (κ3) is 19.6. The fourth-order valence-electron chi connectivity index (χ4n) is 9.86. The van der Waals surface area contributed by atoms with E-state index in [1.165, 1.54) is 38.4 Å². The average molecular weight is 1220 g/mol. The lowest BCUT2D eigenvalue weighted by molar-refractivity contribution is -0.137. The highest BCUT2D eigenvalue weighted by Crippen LogP contribution is 2.40. The Balaban J connectivity index is 1.09. The second kappa shape index (κ2) is 30.7. The van der Waals surface area contributed by atoms with Crippen LogP contribution in [0.15, 0.2) is 91.1 Å². The molecule has 0 unspecified atom stereocenters. The molecule has 0 aliphatic carbocycles. The second-order valence-corrected chi connectivity index (χ2v) is 24.6. The summed E-state index contributed by atoms with van der Waals surface area (Å²) in [4.78, 5) is 112. The number of carbonyl (C=O) groups is 8. The van der Waals surface area contributed by atoms with Crippen LogP contribution in [0, 0.1) is 23.0 Å². The van der Waals surface area contributed by atoms with E-state index >= 15 is 8.78 Å². The standard InChI is InChI=1S/C59H77F3N12O11S/c1-38(2)51(69-48(75)17-11-8-12-27-73-49(76)24-25-50(73)77)55(79)68-46(16-13-26-64-56(63)80)54(78)66-43-21-18-40(19-22-43)37-85-57(81)65-33-42(61)35-74(58(82)70-28-30-72(31-29-70)86(6,83)84)52(59(3,4)5)53-67-47(44-32-41(60)20-23-45(44)62)36-71(53)34-39-14-9-7-10-15-39/h7,9-10,14-15,18-25,32,36,38,42,46,51-52H,8,11-13,16-17,26-31,33-35,37H2,1-6H3,(H,65,81)(H,66,78)(H,68,79)(H,69,75)(H3,63,64,80)/t42-,46-,51-,52-/m0/s1. The van der Waals surface area contributed by atoms with Crippen molar-refractivity contribution in [1.29, 1.82) is 0 Å². The van der Waals surface area contributed by atoms with Crippen LogP contribution in [0.4, 0.5) is 33.2 Å². The molecule has 7 N–H and O–H groups in total. The van der Waals surface area contributed by atoms with Crippen molar-refractivity contribution in [2.45, 2.75) is 111 Å². The summed E-state index contributed by atoms with van der Waals surface area (Å²) < 4.78 is 79.9. The van der Waals surface area contributed by atoms with Gasteiger partial charge in [0.1, 0.15) is 42.3 Å². The highest BCUT2D eigenvalue weighted by molar-refractivity contribution is 7.88. The first-order chi connectivity index (χ1) is 40.7. The maximum Gasteiger partial charge on any atom is 0.407 e. The topological polar surface area (TPSA) is 297 Å². The molecule has 10 amide bonds. The number of rotatable bonds is 28. The summed E-state index contributed by atoms with van der Waals surface area (Å²) in [5.74, 6) is -4.04. The Labute approximate surface area is 498 Å². The number of alkyl carbamates (subject to hydrolysis) is 1. The van der Waals surface area contributed by atoms with Crippen molar-refractivity contribution in [3.05, 3.63) is 120 Å². The molecule has 3 aromatic carbocycles. The van der Waals surface area contributed by atoms with Crippen LogP contribution in [0.5, 0.6) is 0 Å². The molecule has 0 spiro atoms. The van der Waals surface area contributed by atoms with Gasteiger partial charge in [0, 0.05) is 81.8 Å². The number of carbonyl (C=O) groups excluding carboxylic acids is 8. The number of urea groups is 2. The minimum Gasteiger partial charge on any atom is -0.445 e. The van der Waals surface area contributed by atoms with Gasteiger partial charge in [0.2, 0.25) is 27.7 Å². The molecule has 23 nitrogen and oxygen atoms in total. The summed E-state index contributed by atoms with van der Waals surface area (Å²) in [7, 11) is -3.59. The maximum absolute atomic E-state index is 16.6. The van der Waals surface area contributed by atoms with Crippen LogP contribution < -0.4 is 32.3 Å². The number of amides is 10. The maximum atomic E-state index is 16.6. The number of benzene rings is 3. The van der Waals surface area contributed by atoms with Crippen LogP contribution in [-0.4, -0.2) is 162 Å². The Bertz CT molecular complexity index is 3170. The Morgan fingerprint density at radius 2 is 1.50 bits per heavy atom. The molecule has 0 radical (unpaired) electrons. The molecule has 86 heavy (non-hydrogen) atoms. The van der Waals surface area contributed by atoms with Gasteiger partial charge in [-0.05, 0) is 78.5 Å². The Kier molecular flexibility index (Phi) is 23.8. The van der Waals surface area contributed by atoms with E-state index in [0.29, 0.717) is 30.5 Å². The van der Waals surface area contributed by atoms with Crippen molar-refractivity contribution in [2.24, 2.45) is 17.1 Å². The first kappa shape index (κ1) is 66.8. The number of sulfonamides is 1. The third-order valence-electron chi connectivity index (χ3n) is 14.3. The van der Waals surface area contributed by atoms with Crippen LogP contribution in [-0.2, 0) is 51.9 Å². The first-order valence-electron chi connectivity index (χ1n) is 28.4. The van der Waals surface area contributed by atoms with Gasteiger partial charge in [-0.25, -0.2) is 41.0 Å². The zero-order chi connectivity index (χ0) is 62.9. The number of alkyl halides is 1. The Hall–Kier alpha value is -8.33. The number of piperazine rings is 1.